The molecule has 3 aromatic rings. The minimum absolute atomic E-state index is 0.109. The SMILES string of the molecule is CCCCCCn1c(=O)[nH]c2nc3cc(NC(=O)CC)ccc3nc2c1=O. The lowest BCUT2D eigenvalue weighted by atomic mass is 10.2. The molecule has 2 heterocycles. The summed E-state index contributed by atoms with van der Waals surface area (Å²) in [6, 6.07) is 5.08. The number of anilines is 1. The minimum Gasteiger partial charge on any atom is -0.326 e. The molecule has 0 aliphatic carbocycles. The van der Waals surface area contributed by atoms with Crippen molar-refractivity contribution in [1.82, 2.24) is 19.5 Å². The molecule has 8 heteroatoms. The molecule has 0 bridgehead atoms. The summed E-state index contributed by atoms with van der Waals surface area (Å²) >= 11 is 0. The molecule has 142 valence electrons. The van der Waals surface area contributed by atoms with Gasteiger partial charge >= 0.3 is 5.69 Å². The number of rotatable bonds is 7. The fourth-order valence-electron chi connectivity index (χ4n) is 2.91. The van der Waals surface area contributed by atoms with Crippen molar-refractivity contribution in [3.05, 3.63) is 39.0 Å². The van der Waals surface area contributed by atoms with Crippen LogP contribution in [0.25, 0.3) is 22.2 Å². The molecular weight excluding hydrogens is 346 g/mol. The summed E-state index contributed by atoms with van der Waals surface area (Å²) in [5.74, 6) is -0.109. The molecule has 0 spiro atoms. The molecule has 1 amide bonds. The van der Waals surface area contributed by atoms with Crippen molar-refractivity contribution in [2.24, 2.45) is 0 Å². The van der Waals surface area contributed by atoms with Crippen LogP contribution < -0.4 is 16.6 Å². The maximum atomic E-state index is 12.7. The van der Waals surface area contributed by atoms with Gasteiger partial charge in [-0.2, -0.15) is 0 Å². The summed E-state index contributed by atoms with van der Waals surface area (Å²) in [5, 5.41) is 2.75. The van der Waals surface area contributed by atoms with Gasteiger partial charge in [0, 0.05) is 18.7 Å². The van der Waals surface area contributed by atoms with Gasteiger partial charge in [0.2, 0.25) is 5.91 Å². The zero-order valence-corrected chi connectivity index (χ0v) is 15.5. The van der Waals surface area contributed by atoms with Gasteiger partial charge in [0.25, 0.3) is 5.56 Å². The lowest BCUT2D eigenvalue weighted by molar-refractivity contribution is -0.115. The van der Waals surface area contributed by atoms with Crippen LogP contribution in [0.2, 0.25) is 0 Å². The highest BCUT2D eigenvalue weighted by Gasteiger charge is 2.12. The van der Waals surface area contributed by atoms with Crippen LogP contribution in [0.15, 0.2) is 27.8 Å². The van der Waals surface area contributed by atoms with E-state index in [1.54, 1.807) is 25.1 Å². The summed E-state index contributed by atoms with van der Waals surface area (Å²) in [6.07, 6.45) is 4.26. The number of nitrogens with one attached hydrogen (secondary N) is 2. The number of carbonyl (C=O) groups is 1. The summed E-state index contributed by atoms with van der Waals surface area (Å²) in [5.41, 5.74) is 1.00. The van der Waals surface area contributed by atoms with Gasteiger partial charge in [-0.15, -0.1) is 0 Å². The largest absolute Gasteiger partial charge is 0.330 e. The zero-order valence-electron chi connectivity index (χ0n) is 15.5. The number of hydrogen-bond acceptors (Lipinski definition) is 5. The number of carbonyl (C=O) groups excluding carboxylic acids is 1. The minimum atomic E-state index is -0.479. The van der Waals surface area contributed by atoms with Crippen molar-refractivity contribution in [2.45, 2.75) is 52.5 Å². The number of benzene rings is 1. The Bertz CT molecular complexity index is 1100. The number of fused-ring (bicyclic) bond motifs is 2. The first-order chi connectivity index (χ1) is 13.0. The molecule has 2 aromatic heterocycles. The molecule has 0 unspecified atom stereocenters. The summed E-state index contributed by atoms with van der Waals surface area (Å²) in [6.45, 7) is 4.24. The molecule has 0 atom stereocenters. The van der Waals surface area contributed by atoms with Crippen molar-refractivity contribution >= 4 is 33.8 Å². The summed E-state index contributed by atoms with van der Waals surface area (Å²) in [7, 11) is 0. The topological polar surface area (TPSA) is 110 Å². The van der Waals surface area contributed by atoms with Gasteiger partial charge in [0.15, 0.2) is 11.2 Å². The molecular formula is C19H23N5O3. The molecule has 8 nitrogen and oxygen atoms in total. The van der Waals surface area contributed by atoms with Gasteiger partial charge in [-0.25, -0.2) is 14.8 Å². The van der Waals surface area contributed by atoms with Crippen molar-refractivity contribution in [1.29, 1.82) is 0 Å². The Morgan fingerprint density at radius 1 is 1.11 bits per heavy atom. The first-order valence-corrected chi connectivity index (χ1v) is 9.28. The third-order valence-corrected chi connectivity index (χ3v) is 4.42. The molecule has 0 saturated heterocycles. The average Bonchev–Trinajstić information content (AvgIpc) is 2.66. The zero-order chi connectivity index (χ0) is 19.4. The Morgan fingerprint density at radius 2 is 1.93 bits per heavy atom. The monoisotopic (exact) mass is 369 g/mol. The highest BCUT2D eigenvalue weighted by atomic mass is 16.2. The van der Waals surface area contributed by atoms with E-state index in [1.807, 2.05) is 0 Å². The number of H-pyrrole nitrogens is 1. The van der Waals surface area contributed by atoms with Crippen LogP contribution in [0.3, 0.4) is 0 Å². The third-order valence-electron chi connectivity index (χ3n) is 4.42. The van der Waals surface area contributed by atoms with E-state index in [-0.39, 0.29) is 17.1 Å². The number of amides is 1. The molecule has 0 fully saturated rings. The lowest BCUT2D eigenvalue weighted by Crippen LogP contribution is -2.35. The van der Waals surface area contributed by atoms with Gasteiger partial charge in [-0.05, 0) is 24.6 Å². The molecule has 0 radical (unpaired) electrons. The molecule has 2 N–H and O–H groups in total. The van der Waals surface area contributed by atoms with Crippen molar-refractivity contribution in [2.75, 3.05) is 5.32 Å². The second-order valence-electron chi connectivity index (χ2n) is 6.47. The number of nitrogens with zero attached hydrogens (tertiary/aromatic N) is 3. The standard InChI is InChI=1S/C19H23N5O3/c1-3-5-6-7-10-24-18(26)16-17(23-19(24)27)22-14-11-12(20-15(25)4-2)8-9-13(14)21-16/h8-9,11H,3-7,10H2,1-2H3,(H,20,25)(H,22,23,27). The maximum absolute atomic E-state index is 12.7. The quantitative estimate of drug-likeness (QED) is 0.491. The Hall–Kier alpha value is -3.03. The van der Waals surface area contributed by atoms with Crippen LogP contribution in [0.1, 0.15) is 46.0 Å². The van der Waals surface area contributed by atoms with Gasteiger partial charge < -0.3 is 5.32 Å². The molecule has 1 aromatic carbocycles. The number of aromatic nitrogens is 4. The van der Waals surface area contributed by atoms with Crippen LogP contribution in [0.5, 0.6) is 0 Å². The van der Waals surface area contributed by atoms with Crippen LogP contribution >= 0.6 is 0 Å². The summed E-state index contributed by atoms with van der Waals surface area (Å²) < 4.78 is 1.19. The average molecular weight is 369 g/mol. The van der Waals surface area contributed by atoms with Gasteiger partial charge in [-0.3, -0.25) is 19.1 Å². The second-order valence-corrected chi connectivity index (χ2v) is 6.47. The fraction of sp³-hybridized carbons (Fsp3) is 0.421. The third kappa shape index (κ3) is 4.05. The highest BCUT2D eigenvalue weighted by Crippen LogP contribution is 2.17. The Labute approximate surface area is 155 Å². The van der Waals surface area contributed by atoms with Gasteiger partial charge in [0.05, 0.1) is 11.0 Å². The van der Waals surface area contributed by atoms with E-state index in [4.69, 9.17) is 0 Å². The normalized spacial score (nSPS) is 11.2. The lowest BCUT2D eigenvalue weighted by Gasteiger charge is -2.08. The predicted molar refractivity (Wildman–Crippen MR) is 105 cm³/mol. The Morgan fingerprint density at radius 3 is 2.67 bits per heavy atom. The van der Waals surface area contributed by atoms with E-state index < -0.39 is 11.2 Å². The van der Waals surface area contributed by atoms with E-state index in [1.165, 1.54) is 4.57 Å². The maximum Gasteiger partial charge on any atom is 0.330 e. The molecule has 0 aliphatic rings. The second kappa shape index (κ2) is 8.11. The highest BCUT2D eigenvalue weighted by molar-refractivity contribution is 5.93. The van der Waals surface area contributed by atoms with E-state index >= 15 is 0 Å². The smallest absolute Gasteiger partial charge is 0.326 e. The van der Waals surface area contributed by atoms with Gasteiger partial charge in [-0.1, -0.05) is 33.1 Å². The number of hydrogen-bond donors (Lipinski definition) is 2. The van der Waals surface area contributed by atoms with Crippen LogP contribution in [-0.2, 0) is 11.3 Å². The first kappa shape index (κ1) is 18.8. The predicted octanol–water partition coefficient (Wildman–Crippen LogP) is 2.56. The van der Waals surface area contributed by atoms with E-state index in [2.05, 4.69) is 27.2 Å². The molecule has 3 rings (SSSR count). The van der Waals surface area contributed by atoms with Crippen LogP contribution in [-0.4, -0.2) is 25.4 Å². The first-order valence-electron chi connectivity index (χ1n) is 9.28. The summed E-state index contributed by atoms with van der Waals surface area (Å²) in [4.78, 5) is 47.9. The molecule has 0 saturated carbocycles. The fourth-order valence-corrected chi connectivity index (χ4v) is 2.91. The van der Waals surface area contributed by atoms with Crippen molar-refractivity contribution < 1.29 is 4.79 Å². The molecule has 0 aliphatic heterocycles. The molecule has 27 heavy (non-hydrogen) atoms. The number of aromatic amines is 1. The Kier molecular flexibility index (Phi) is 5.63. The van der Waals surface area contributed by atoms with Crippen molar-refractivity contribution in [3.63, 3.8) is 0 Å². The van der Waals surface area contributed by atoms with Crippen LogP contribution in [0.4, 0.5) is 5.69 Å². The van der Waals surface area contributed by atoms with E-state index in [0.717, 1.165) is 25.7 Å². The van der Waals surface area contributed by atoms with Crippen molar-refractivity contribution in [3.8, 4) is 0 Å². The van der Waals surface area contributed by atoms with Crippen LogP contribution in [0, 0.1) is 0 Å². The van der Waals surface area contributed by atoms with Gasteiger partial charge in [0.1, 0.15) is 0 Å². The Balaban J connectivity index is 2.02. The van der Waals surface area contributed by atoms with E-state index in [0.29, 0.717) is 29.7 Å². The van der Waals surface area contributed by atoms with E-state index in [9.17, 15) is 14.4 Å². The number of unbranched alkanes of at least 4 members (excludes halogenated alkanes) is 3.